The highest BCUT2D eigenvalue weighted by Crippen LogP contribution is 2.14. The van der Waals surface area contributed by atoms with Gasteiger partial charge in [-0.05, 0) is 39.5 Å². The van der Waals surface area contributed by atoms with E-state index in [0.29, 0.717) is 0 Å². The van der Waals surface area contributed by atoms with E-state index in [1.54, 1.807) is 18.5 Å². The molecule has 0 radical (unpaired) electrons. The molecule has 1 N–H and O–H groups in total. The molecule has 0 aliphatic rings. The van der Waals surface area contributed by atoms with Gasteiger partial charge in [0.1, 0.15) is 0 Å². The number of halogens is 1. The van der Waals surface area contributed by atoms with Gasteiger partial charge in [0.25, 0.3) is 0 Å². The Morgan fingerprint density at radius 1 is 1.38 bits per heavy atom. The van der Waals surface area contributed by atoms with Crippen LogP contribution in [0.25, 0.3) is 5.57 Å². The molecule has 0 aliphatic heterocycles. The Morgan fingerprint density at radius 3 is 2.62 bits per heavy atom. The third-order valence-electron chi connectivity index (χ3n) is 1.52. The first-order chi connectivity index (χ1) is 6.38. The van der Waals surface area contributed by atoms with E-state index in [2.05, 4.69) is 27.6 Å². The van der Waals surface area contributed by atoms with Crippen LogP contribution in [-0.2, 0) is 0 Å². The van der Waals surface area contributed by atoms with Crippen molar-refractivity contribution >= 4 is 34.4 Å². The molecule has 1 heterocycles. The molecule has 0 unspecified atom stereocenters. The van der Waals surface area contributed by atoms with Crippen LogP contribution in [-0.4, -0.2) is 11.2 Å². The average Bonchev–Trinajstić information content (AvgIpc) is 2.19. The van der Waals surface area contributed by atoms with E-state index in [0.717, 1.165) is 11.1 Å². The highest BCUT2D eigenvalue weighted by Gasteiger charge is 1.94. The number of pyridine rings is 1. The van der Waals surface area contributed by atoms with E-state index in [1.807, 2.05) is 22.3 Å². The van der Waals surface area contributed by atoms with Gasteiger partial charge in [0.05, 0.1) is 0 Å². The van der Waals surface area contributed by atoms with E-state index in [9.17, 15) is 0 Å². The Balaban J connectivity index is 3.03. The van der Waals surface area contributed by atoms with Gasteiger partial charge in [0, 0.05) is 18.6 Å². The lowest BCUT2D eigenvalue weighted by molar-refractivity contribution is 1.32. The number of hydrogen-bond acceptors (Lipinski definition) is 2. The first-order valence-corrected chi connectivity index (χ1v) is 5.01. The van der Waals surface area contributed by atoms with Crippen LogP contribution in [0.5, 0.6) is 0 Å². The van der Waals surface area contributed by atoms with Crippen LogP contribution in [0.15, 0.2) is 40.8 Å². The van der Waals surface area contributed by atoms with Crippen LogP contribution >= 0.6 is 22.6 Å². The summed E-state index contributed by atoms with van der Waals surface area (Å²) in [7, 11) is 0. The Kier molecular flexibility index (Phi) is 4.39. The Bertz CT molecular complexity index is 328. The van der Waals surface area contributed by atoms with Crippen LogP contribution in [0.2, 0.25) is 0 Å². The molecule has 1 aromatic heterocycles. The molecule has 0 fully saturated rings. The van der Waals surface area contributed by atoms with Crippen molar-refractivity contribution in [2.24, 2.45) is 0 Å². The quantitative estimate of drug-likeness (QED) is 0.517. The van der Waals surface area contributed by atoms with Gasteiger partial charge in [0.15, 0.2) is 0 Å². The van der Waals surface area contributed by atoms with E-state index < -0.39 is 0 Å². The maximum absolute atomic E-state index is 7.01. The van der Waals surface area contributed by atoms with E-state index in [4.69, 9.17) is 5.41 Å². The van der Waals surface area contributed by atoms with Crippen molar-refractivity contribution in [3.63, 3.8) is 0 Å². The lowest BCUT2D eigenvalue weighted by Crippen LogP contribution is -1.81. The summed E-state index contributed by atoms with van der Waals surface area (Å²) in [5, 5.41) is 7.01. The van der Waals surface area contributed by atoms with Crippen LogP contribution in [0, 0.1) is 5.41 Å². The molecule has 0 aromatic carbocycles. The smallest absolute Gasteiger partial charge is 0.0273 e. The van der Waals surface area contributed by atoms with Crippen molar-refractivity contribution in [3.05, 3.63) is 46.3 Å². The van der Waals surface area contributed by atoms with Gasteiger partial charge in [-0.25, -0.2) is 0 Å². The molecule has 0 amide bonds. The molecule has 1 aromatic rings. The topological polar surface area (TPSA) is 36.7 Å². The van der Waals surface area contributed by atoms with E-state index in [-0.39, 0.29) is 0 Å². The average molecular weight is 284 g/mol. The third-order valence-corrected chi connectivity index (χ3v) is 1.88. The summed E-state index contributed by atoms with van der Waals surface area (Å²) in [4.78, 5) is 3.94. The zero-order valence-corrected chi connectivity index (χ0v) is 9.10. The molecular formula is C10H9IN2. The lowest BCUT2D eigenvalue weighted by atomic mass is 10.1. The summed E-state index contributed by atoms with van der Waals surface area (Å²) in [5.74, 6) is 0. The van der Waals surface area contributed by atoms with Crippen molar-refractivity contribution < 1.29 is 0 Å². The van der Waals surface area contributed by atoms with Gasteiger partial charge in [-0.2, -0.15) is 0 Å². The minimum atomic E-state index is 1.02. The monoisotopic (exact) mass is 284 g/mol. The zero-order chi connectivity index (χ0) is 9.52. The van der Waals surface area contributed by atoms with Crippen molar-refractivity contribution in [3.8, 4) is 0 Å². The zero-order valence-electron chi connectivity index (χ0n) is 6.94. The van der Waals surface area contributed by atoms with Crippen LogP contribution in [0.3, 0.4) is 0 Å². The molecular weight excluding hydrogens is 275 g/mol. The molecule has 3 heteroatoms. The SMILES string of the molecule is N=C/C=C(\C=C/I)c1ccncc1. The minimum Gasteiger partial charge on any atom is -0.309 e. The second-order valence-electron chi connectivity index (χ2n) is 2.32. The van der Waals surface area contributed by atoms with Crippen molar-refractivity contribution in [2.75, 3.05) is 0 Å². The van der Waals surface area contributed by atoms with E-state index >= 15 is 0 Å². The molecule has 1 rings (SSSR count). The number of hydrogen-bond donors (Lipinski definition) is 1. The molecule has 66 valence electrons. The molecule has 0 saturated carbocycles. The fourth-order valence-corrected chi connectivity index (χ4v) is 1.34. The summed E-state index contributed by atoms with van der Waals surface area (Å²) in [6.45, 7) is 0. The second-order valence-corrected chi connectivity index (χ2v) is 3.04. The first-order valence-electron chi connectivity index (χ1n) is 3.76. The number of aromatic nitrogens is 1. The Hall–Kier alpha value is -0.970. The summed E-state index contributed by atoms with van der Waals surface area (Å²) in [6.07, 6.45) is 8.49. The molecule has 0 spiro atoms. The third kappa shape index (κ3) is 3.10. The highest BCUT2D eigenvalue weighted by molar-refractivity contribution is 14.1. The molecule has 0 bridgehead atoms. The maximum Gasteiger partial charge on any atom is 0.0273 e. The largest absolute Gasteiger partial charge is 0.309 e. The van der Waals surface area contributed by atoms with Gasteiger partial charge in [-0.1, -0.05) is 22.6 Å². The van der Waals surface area contributed by atoms with Gasteiger partial charge < -0.3 is 5.41 Å². The molecule has 2 nitrogen and oxygen atoms in total. The van der Waals surface area contributed by atoms with Gasteiger partial charge in [0.2, 0.25) is 0 Å². The predicted octanol–water partition coefficient (Wildman–Crippen LogP) is 3.06. The fraction of sp³-hybridized carbons (Fsp3) is 0. The van der Waals surface area contributed by atoms with Crippen molar-refractivity contribution in [1.29, 1.82) is 5.41 Å². The number of rotatable bonds is 3. The van der Waals surface area contributed by atoms with Gasteiger partial charge in [-0.3, -0.25) is 4.98 Å². The summed E-state index contributed by atoms with van der Waals surface area (Å²) >= 11 is 2.16. The van der Waals surface area contributed by atoms with Crippen molar-refractivity contribution in [2.45, 2.75) is 0 Å². The summed E-state index contributed by atoms with van der Waals surface area (Å²) < 4.78 is 1.92. The van der Waals surface area contributed by atoms with Crippen molar-refractivity contribution in [1.82, 2.24) is 4.98 Å². The summed E-state index contributed by atoms with van der Waals surface area (Å²) in [5.41, 5.74) is 2.10. The highest BCUT2D eigenvalue weighted by atomic mass is 127. The predicted molar refractivity (Wildman–Crippen MR) is 64.2 cm³/mol. The number of nitrogens with one attached hydrogen (secondary N) is 1. The normalized spacial score (nSPS) is 11.9. The first kappa shape index (κ1) is 10.1. The standard InChI is InChI=1S/C10H9IN2/c11-5-1-9(2-6-12)10-3-7-13-8-4-10/h1-8,12H/b5-1-,9-2+,12-6?. The van der Waals surface area contributed by atoms with Crippen LogP contribution in [0.1, 0.15) is 5.56 Å². The molecule has 0 saturated heterocycles. The fourth-order valence-electron chi connectivity index (χ4n) is 0.950. The number of nitrogens with zero attached hydrogens (tertiary/aromatic N) is 1. The van der Waals surface area contributed by atoms with Crippen LogP contribution in [0.4, 0.5) is 0 Å². The maximum atomic E-state index is 7.01. The molecule has 0 atom stereocenters. The Morgan fingerprint density at radius 2 is 2.08 bits per heavy atom. The Labute approximate surface area is 91.0 Å². The molecule has 13 heavy (non-hydrogen) atoms. The number of allylic oxidation sites excluding steroid dienone is 3. The lowest BCUT2D eigenvalue weighted by Gasteiger charge is -1.98. The molecule has 0 aliphatic carbocycles. The van der Waals surface area contributed by atoms with Gasteiger partial charge >= 0.3 is 0 Å². The van der Waals surface area contributed by atoms with Gasteiger partial charge in [-0.15, -0.1) is 0 Å². The van der Waals surface area contributed by atoms with E-state index in [1.165, 1.54) is 6.21 Å². The minimum absolute atomic E-state index is 1.02. The second kappa shape index (κ2) is 5.64. The van der Waals surface area contributed by atoms with Crippen LogP contribution < -0.4 is 0 Å². The summed E-state index contributed by atoms with van der Waals surface area (Å²) in [6, 6.07) is 3.85.